The Kier molecular flexibility index (Phi) is 6.38. The van der Waals surface area contributed by atoms with Gasteiger partial charge in [-0.2, -0.15) is 11.8 Å². The molecule has 2 aromatic heterocycles. The summed E-state index contributed by atoms with van der Waals surface area (Å²) in [5, 5.41) is 12.5. The van der Waals surface area contributed by atoms with E-state index in [1.165, 1.54) is 11.8 Å². The maximum atomic E-state index is 12.4. The summed E-state index contributed by atoms with van der Waals surface area (Å²) in [4.78, 5) is 12.4. The number of furan rings is 1. The van der Waals surface area contributed by atoms with Crippen molar-refractivity contribution in [1.29, 1.82) is 0 Å². The van der Waals surface area contributed by atoms with Crippen molar-refractivity contribution in [3.05, 3.63) is 54.3 Å². The minimum atomic E-state index is 0.0516. The van der Waals surface area contributed by atoms with E-state index in [0.29, 0.717) is 35.1 Å². The van der Waals surface area contributed by atoms with Crippen LogP contribution >= 0.6 is 23.5 Å². The Morgan fingerprint density at radius 3 is 2.75 bits per heavy atom. The molecule has 1 aliphatic rings. The van der Waals surface area contributed by atoms with Crippen LogP contribution in [0.25, 0.3) is 11.6 Å². The fourth-order valence-electron chi connectivity index (χ4n) is 3.13. The van der Waals surface area contributed by atoms with Crippen LogP contribution in [-0.4, -0.2) is 44.0 Å². The molecule has 1 N–H and O–H groups in total. The number of thioether (sulfide) groups is 2. The van der Waals surface area contributed by atoms with Crippen LogP contribution in [0.15, 0.2) is 58.3 Å². The predicted molar refractivity (Wildman–Crippen MR) is 112 cm³/mol. The van der Waals surface area contributed by atoms with E-state index in [1.54, 1.807) is 6.26 Å². The monoisotopic (exact) mass is 414 g/mol. The topological polar surface area (TPSA) is 73.0 Å². The van der Waals surface area contributed by atoms with Crippen LogP contribution in [0.4, 0.5) is 0 Å². The molecule has 28 heavy (non-hydrogen) atoms. The van der Waals surface area contributed by atoms with E-state index in [4.69, 9.17) is 4.42 Å². The Morgan fingerprint density at radius 1 is 1.18 bits per heavy atom. The van der Waals surface area contributed by atoms with E-state index in [2.05, 4.69) is 27.6 Å². The Bertz CT molecular complexity index is 890. The van der Waals surface area contributed by atoms with E-state index in [1.807, 2.05) is 46.7 Å². The summed E-state index contributed by atoms with van der Waals surface area (Å²) in [5.74, 6) is 3.96. The third-order valence-corrected chi connectivity index (χ3v) is 6.58. The number of carbonyl (C=O) groups is 1. The Morgan fingerprint density at radius 2 is 2.00 bits per heavy atom. The van der Waals surface area contributed by atoms with Crippen molar-refractivity contribution in [2.45, 2.75) is 30.6 Å². The molecule has 1 aliphatic heterocycles. The second-order valence-electron chi connectivity index (χ2n) is 6.60. The molecule has 1 saturated heterocycles. The highest BCUT2D eigenvalue weighted by Gasteiger charge is 2.19. The van der Waals surface area contributed by atoms with Gasteiger partial charge in [-0.1, -0.05) is 42.1 Å². The van der Waals surface area contributed by atoms with Gasteiger partial charge in [-0.15, -0.1) is 10.2 Å². The Balaban J connectivity index is 1.47. The molecule has 146 valence electrons. The normalized spacial score (nSPS) is 14.9. The lowest BCUT2D eigenvalue weighted by Crippen LogP contribution is -2.38. The summed E-state index contributed by atoms with van der Waals surface area (Å²) in [6.07, 6.45) is 3.72. The van der Waals surface area contributed by atoms with Crippen molar-refractivity contribution in [3.63, 3.8) is 0 Å². The van der Waals surface area contributed by atoms with E-state index in [0.717, 1.165) is 29.9 Å². The van der Waals surface area contributed by atoms with Gasteiger partial charge in [0.15, 0.2) is 10.9 Å². The summed E-state index contributed by atoms with van der Waals surface area (Å²) >= 11 is 3.36. The summed E-state index contributed by atoms with van der Waals surface area (Å²) in [6.45, 7) is 0.619. The van der Waals surface area contributed by atoms with Gasteiger partial charge in [-0.05, 0) is 42.0 Å². The second-order valence-corrected chi connectivity index (χ2v) is 8.77. The van der Waals surface area contributed by atoms with Crippen LogP contribution in [0.3, 0.4) is 0 Å². The molecule has 0 atom stereocenters. The SMILES string of the molecule is O=C(CSc1nnc(-c2ccco2)n1Cc1ccccc1)NC1CCSCC1. The number of rotatable bonds is 7. The smallest absolute Gasteiger partial charge is 0.230 e. The fourth-order valence-corrected chi connectivity index (χ4v) is 4.99. The van der Waals surface area contributed by atoms with E-state index in [9.17, 15) is 4.79 Å². The predicted octanol–water partition coefficient (Wildman–Crippen LogP) is 3.69. The molecule has 0 spiro atoms. The van der Waals surface area contributed by atoms with Gasteiger partial charge in [0.2, 0.25) is 11.7 Å². The second kappa shape index (κ2) is 9.34. The van der Waals surface area contributed by atoms with Crippen LogP contribution < -0.4 is 5.32 Å². The zero-order valence-electron chi connectivity index (χ0n) is 15.4. The van der Waals surface area contributed by atoms with E-state index < -0.39 is 0 Å². The van der Waals surface area contributed by atoms with Crippen LogP contribution in [0.5, 0.6) is 0 Å². The molecule has 8 heteroatoms. The first-order valence-corrected chi connectivity index (χ1v) is 11.4. The van der Waals surface area contributed by atoms with Gasteiger partial charge in [0.05, 0.1) is 18.6 Å². The number of hydrogen-bond donors (Lipinski definition) is 1. The van der Waals surface area contributed by atoms with Crippen LogP contribution in [0.1, 0.15) is 18.4 Å². The van der Waals surface area contributed by atoms with Gasteiger partial charge < -0.3 is 9.73 Å². The van der Waals surface area contributed by atoms with E-state index >= 15 is 0 Å². The quantitative estimate of drug-likeness (QED) is 0.595. The van der Waals surface area contributed by atoms with Crippen molar-refractivity contribution in [1.82, 2.24) is 20.1 Å². The van der Waals surface area contributed by atoms with Gasteiger partial charge in [0.1, 0.15) is 0 Å². The lowest BCUT2D eigenvalue weighted by atomic mass is 10.1. The fraction of sp³-hybridized carbons (Fsp3) is 0.350. The maximum Gasteiger partial charge on any atom is 0.230 e. The van der Waals surface area contributed by atoms with Crippen molar-refractivity contribution in [3.8, 4) is 11.6 Å². The Labute approximate surface area is 172 Å². The third kappa shape index (κ3) is 4.80. The highest BCUT2D eigenvalue weighted by atomic mass is 32.2. The number of aromatic nitrogens is 3. The summed E-state index contributed by atoms with van der Waals surface area (Å²) in [5.41, 5.74) is 1.14. The molecule has 0 bridgehead atoms. The molecule has 0 unspecified atom stereocenters. The third-order valence-electron chi connectivity index (χ3n) is 4.56. The molecule has 1 aromatic carbocycles. The van der Waals surface area contributed by atoms with Gasteiger partial charge in [0, 0.05) is 6.04 Å². The molecule has 3 heterocycles. The molecule has 0 aliphatic carbocycles. The van der Waals surface area contributed by atoms with Crippen molar-refractivity contribution in [2.75, 3.05) is 17.3 Å². The number of benzene rings is 1. The minimum absolute atomic E-state index is 0.0516. The average Bonchev–Trinajstić information content (AvgIpc) is 3.38. The molecular formula is C20H22N4O2S2. The van der Waals surface area contributed by atoms with Crippen molar-refractivity contribution < 1.29 is 9.21 Å². The number of nitrogens with one attached hydrogen (secondary N) is 1. The molecule has 0 saturated carbocycles. The molecule has 0 radical (unpaired) electrons. The van der Waals surface area contributed by atoms with Gasteiger partial charge in [-0.3, -0.25) is 9.36 Å². The largest absolute Gasteiger partial charge is 0.461 e. The van der Waals surface area contributed by atoms with Gasteiger partial charge >= 0.3 is 0 Å². The maximum absolute atomic E-state index is 12.4. The lowest BCUT2D eigenvalue weighted by molar-refractivity contribution is -0.119. The summed E-state index contributed by atoms with van der Waals surface area (Å²) in [7, 11) is 0. The van der Waals surface area contributed by atoms with Gasteiger partial charge in [-0.25, -0.2) is 0 Å². The number of nitrogens with zero attached hydrogens (tertiary/aromatic N) is 3. The molecule has 1 amide bonds. The Hall–Kier alpha value is -2.19. The number of amides is 1. The average molecular weight is 415 g/mol. The van der Waals surface area contributed by atoms with Crippen LogP contribution in [0.2, 0.25) is 0 Å². The zero-order valence-corrected chi connectivity index (χ0v) is 17.0. The van der Waals surface area contributed by atoms with Crippen LogP contribution in [0, 0.1) is 0 Å². The van der Waals surface area contributed by atoms with E-state index in [-0.39, 0.29) is 5.91 Å². The first kappa shape index (κ1) is 19.1. The highest BCUT2D eigenvalue weighted by molar-refractivity contribution is 7.99. The highest BCUT2D eigenvalue weighted by Crippen LogP contribution is 2.25. The van der Waals surface area contributed by atoms with Crippen molar-refractivity contribution in [2.24, 2.45) is 0 Å². The lowest BCUT2D eigenvalue weighted by Gasteiger charge is -2.22. The molecular weight excluding hydrogens is 392 g/mol. The zero-order chi connectivity index (χ0) is 19.2. The summed E-state index contributed by atoms with van der Waals surface area (Å²) in [6, 6.07) is 14.1. The molecule has 1 fully saturated rings. The number of carbonyl (C=O) groups excluding carboxylic acids is 1. The van der Waals surface area contributed by atoms with Crippen molar-refractivity contribution >= 4 is 29.4 Å². The summed E-state index contributed by atoms with van der Waals surface area (Å²) < 4.78 is 7.53. The van der Waals surface area contributed by atoms with Crippen LogP contribution in [-0.2, 0) is 11.3 Å². The standard InChI is InChI=1S/C20H22N4O2S2/c25-18(21-16-8-11-27-12-9-16)14-28-20-23-22-19(17-7-4-10-26-17)24(20)13-15-5-2-1-3-6-15/h1-7,10,16H,8-9,11-14H2,(H,21,25). The first-order valence-electron chi connectivity index (χ1n) is 9.30. The first-order chi connectivity index (χ1) is 13.8. The van der Waals surface area contributed by atoms with Gasteiger partial charge in [0.25, 0.3) is 0 Å². The molecule has 3 aromatic rings. The molecule has 4 rings (SSSR count). The minimum Gasteiger partial charge on any atom is -0.461 e. The molecule has 6 nitrogen and oxygen atoms in total. The number of hydrogen-bond acceptors (Lipinski definition) is 6.